The second-order valence-corrected chi connectivity index (χ2v) is 5.56. The third-order valence-electron chi connectivity index (χ3n) is 3.50. The lowest BCUT2D eigenvalue weighted by Gasteiger charge is -2.37. The largest absolute Gasteiger partial charge is 0.467 e. The zero-order chi connectivity index (χ0) is 13.3. The number of nitrogens with two attached hydrogens (primary N) is 1. The van der Waals surface area contributed by atoms with Crippen molar-refractivity contribution in [3.63, 3.8) is 0 Å². The summed E-state index contributed by atoms with van der Waals surface area (Å²) in [6, 6.07) is 3.49. The Morgan fingerprint density at radius 3 is 2.41 bits per heavy atom. The summed E-state index contributed by atoms with van der Waals surface area (Å²) >= 11 is 0. The molecule has 0 aromatic carbocycles. The van der Waals surface area contributed by atoms with Crippen LogP contribution < -0.4 is 11.1 Å². The van der Waals surface area contributed by atoms with E-state index < -0.39 is 11.0 Å². The van der Waals surface area contributed by atoms with Crippen LogP contribution in [0, 0.1) is 5.41 Å². The fourth-order valence-electron chi connectivity index (χ4n) is 1.28. The average molecular weight is 238 g/mol. The molecule has 0 saturated carbocycles. The van der Waals surface area contributed by atoms with Gasteiger partial charge in [0.1, 0.15) is 5.76 Å². The van der Waals surface area contributed by atoms with Gasteiger partial charge in [0.2, 0.25) is 5.91 Å². The van der Waals surface area contributed by atoms with Crippen molar-refractivity contribution >= 4 is 5.91 Å². The first-order valence-electron chi connectivity index (χ1n) is 5.79. The molecule has 1 aromatic rings. The molecule has 0 saturated heterocycles. The van der Waals surface area contributed by atoms with Crippen molar-refractivity contribution in [1.29, 1.82) is 0 Å². The Morgan fingerprint density at radius 2 is 2.00 bits per heavy atom. The van der Waals surface area contributed by atoms with Crippen molar-refractivity contribution in [3.8, 4) is 0 Å². The third-order valence-corrected chi connectivity index (χ3v) is 3.50. The first-order chi connectivity index (χ1) is 7.66. The highest BCUT2D eigenvalue weighted by atomic mass is 16.3. The molecule has 0 fully saturated rings. The van der Waals surface area contributed by atoms with Gasteiger partial charge in [-0.25, -0.2) is 0 Å². The number of hydrogen-bond donors (Lipinski definition) is 2. The molecule has 0 spiro atoms. The van der Waals surface area contributed by atoms with E-state index in [2.05, 4.69) is 5.32 Å². The summed E-state index contributed by atoms with van der Waals surface area (Å²) in [5, 5.41) is 2.92. The molecule has 1 rings (SSSR count). The van der Waals surface area contributed by atoms with Gasteiger partial charge in [-0.15, -0.1) is 0 Å². The van der Waals surface area contributed by atoms with Gasteiger partial charge in [0, 0.05) is 5.54 Å². The van der Waals surface area contributed by atoms with E-state index in [-0.39, 0.29) is 11.9 Å². The van der Waals surface area contributed by atoms with Crippen LogP contribution in [0.5, 0.6) is 0 Å². The van der Waals surface area contributed by atoms with E-state index in [1.165, 1.54) is 0 Å². The lowest BCUT2D eigenvalue weighted by molar-refractivity contribution is -0.133. The molecule has 0 bridgehead atoms. The SMILES string of the molecule is CC(NC(=O)C(C)(C)C(C)(C)N)c1ccco1. The smallest absolute Gasteiger partial charge is 0.228 e. The summed E-state index contributed by atoms with van der Waals surface area (Å²) in [6.45, 7) is 9.28. The summed E-state index contributed by atoms with van der Waals surface area (Å²) < 4.78 is 5.25. The standard InChI is InChI=1S/C13H22N2O2/c1-9(10-7-6-8-17-10)15-11(16)12(2,3)13(4,5)14/h6-9H,14H2,1-5H3,(H,15,16). The summed E-state index contributed by atoms with van der Waals surface area (Å²) in [4.78, 5) is 12.2. The molecule has 17 heavy (non-hydrogen) atoms. The number of carbonyl (C=O) groups is 1. The molecule has 1 atom stereocenters. The third kappa shape index (κ3) is 2.88. The monoisotopic (exact) mass is 238 g/mol. The Hall–Kier alpha value is -1.29. The molecule has 0 aliphatic heterocycles. The molecule has 1 amide bonds. The molecule has 3 N–H and O–H groups in total. The highest BCUT2D eigenvalue weighted by Crippen LogP contribution is 2.29. The minimum absolute atomic E-state index is 0.0751. The van der Waals surface area contributed by atoms with Gasteiger partial charge in [-0.2, -0.15) is 0 Å². The van der Waals surface area contributed by atoms with Crippen LogP contribution in [0.2, 0.25) is 0 Å². The minimum Gasteiger partial charge on any atom is -0.467 e. The summed E-state index contributed by atoms with van der Waals surface area (Å²) in [5.74, 6) is 0.665. The molecular formula is C13H22N2O2. The van der Waals surface area contributed by atoms with Crippen LogP contribution in [0.3, 0.4) is 0 Å². The van der Waals surface area contributed by atoms with Crippen LogP contribution in [-0.2, 0) is 4.79 Å². The van der Waals surface area contributed by atoms with Gasteiger partial charge >= 0.3 is 0 Å². The quantitative estimate of drug-likeness (QED) is 0.845. The van der Waals surface area contributed by atoms with E-state index in [1.54, 1.807) is 12.3 Å². The second-order valence-electron chi connectivity index (χ2n) is 5.56. The fourth-order valence-corrected chi connectivity index (χ4v) is 1.28. The van der Waals surface area contributed by atoms with E-state index in [4.69, 9.17) is 10.2 Å². The number of carbonyl (C=O) groups excluding carboxylic acids is 1. The molecule has 4 nitrogen and oxygen atoms in total. The number of furan rings is 1. The van der Waals surface area contributed by atoms with Crippen LogP contribution in [0.15, 0.2) is 22.8 Å². The van der Waals surface area contributed by atoms with Crippen molar-refractivity contribution in [2.45, 2.75) is 46.2 Å². The highest BCUT2D eigenvalue weighted by Gasteiger charge is 2.40. The van der Waals surface area contributed by atoms with Gasteiger partial charge in [-0.1, -0.05) is 0 Å². The highest BCUT2D eigenvalue weighted by molar-refractivity contribution is 5.83. The number of nitrogens with one attached hydrogen (secondary N) is 1. The van der Waals surface area contributed by atoms with Gasteiger partial charge in [0.05, 0.1) is 17.7 Å². The summed E-state index contributed by atoms with van der Waals surface area (Å²) in [7, 11) is 0. The molecule has 0 aliphatic rings. The number of hydrogen-bond acceptors (Lipinski definition) is 3. The first-order valence-corrected chi connectivity index (χ1v) is 5.79. The van der Waals surface area contributed by atoms with Crippen molar-refractivity contribution in [3.05, 3.63) is 24.2 Å². The normalized spacial score (nSPS) is 14.5. The number of rotatable bonds is 4. The van der Waals surface area contributed by atoms with E-state index in [0.29, 0.717) is 0 Å². The predicted molar refractivity (Wildman–Crippen MR) is 67.3 cm³/mol. The molecule has 0 radical (unpaired) electrons. The summed E-state index contributed by atoms with van der Waals surface area (Å²) in [6.07, 6.45) is 1.59. The van der Waals surface area contributed by atoms with Crippen LogP contribution in [-0.4, -0.2) is 11.4 Å². The average Bonchev–Trinajstić information content (AvgIpc) is 2.68. The van der Waals surface area contributed by atoms with Crippen LogP contribution >= 0.6 is 0 Å². The Balaban J connectivity index is 2.73. The van der Waals surface area contributed by atoms with Gasteiger partial charge in [0.25, 0.3) is 0 Å². The maximum absolute atomic E-state index is 12.2. The van der Waals surface area contributed by atoms with Crippen LogP contribution in [0.25, 0.3) is 0 Å². The van der Waals surface area contributed by atoms with Crippen molar-refractivity contribution < 1.29 is 9.21 Å². The van der Waals surface area contributed by atoms with Gasteiger partial charge < -0.3 is 15.5 Å². The topological polar surface area (TPSA) is 68.3 Å². The molecule has 1 heterocycles. The van der Waals surface area contributed by atoms with E-state index in [0.717, 1.165) is 5.76 Å². The van der Waals surface area contributed by atoms with Crippen molar-refractivity contribution in [2.24, 2.45) is 11.1 Å². The Labute approximate surface area is 103 Å². The van der Waals surface area contributed by atoms with E-state index in [9.17, 15) is 4.79 Å². The molecule has 0 aliphatic carbocycles. The molecule has 1 unspecified atom stereocenters. The zero-order valence-electron chi connectivity index (χ0n) is 11.2. The Kier molecular flexibility index (Phi) is 3.67. The van der Waals surface area contributed by atoms with E-state index in [1.807, 2.05) is 40.7 Å². The van der Waals surface area contributed by atoms with Crippen LogP contribution in [0.4, 0.5) is 0 Å². The molecular weight excluding hydrogens is 216 g/mol. The molecule has 1 aromatic heterocycles. The fraction of sp³-hybridized carbons (Fsp3) is 0.615. The lowest BCUT2D eigenvalue weighted by Crippen LogP contribution is -2.55. The number of amides is 1. The van der Waals surface area contributed by atoms with Gasteiger partial charge in [-0.3, -0.25) is 4.79 Å². The Morgan fingerprint density at radius 1 is 1.41 bits per heavy atom. The Bertz CT molecular complexity index is 375. The zero-order valence-corrected chi connectivity index (χ0v) is 11.2. The first kappa shape index (κ1) is 13.8. The van der Waals surface area contributed by atoms with Gasteiger partial charge in [0.15, 0.2) is 0 Å². The lowest BCUT2D eigenvalue weighted by atomic mass is 9.74. The van der Waals surface area contributed by atoms with E-state index >= 15 is 0 Å². The predicted octanol–water partition coefficient (Wildman–Crippen LogP) is 2.22. The molecule has 96 valence electrons. The second kappa shape index (κ2) is 4.53. The molecule has 4 heteroatoms. The van der Waals surface area contributed by atoms with Gasteiger partial charge in [-0.05, 0) is 46.8 Å². The van der Waals surface area contributed by atoms with Crippen molar-refractivity contribution in [2.75, 3.05) is 0 Å². The summed E-state index contributed by atoms with van der Waals surface area (Å²) in [5.41, 5.74) is 4.80. The maximum atomic E-state index is 12.2. The maximum Gasteiger partial charge on any atom is 0.228 e. The minimum atomic E-state index is -0.645. The van der Waals surface area contributed by atoms with Crippen LogP contribution in [0.1, 0.15) is 46.4 Å². The van der Waals surface area contributed by atoms with Crippen molar-refractivity contribution in [1.82, 2.24) is 5.32 Å².